The highest BCUT2D eigenvalue weighted by Crippen LogP contribution is 1.86. The monoisotopic (exact) mass is 194 g/mol. The van der Waals surface area contributed by atoms with E-state index in [1.807, 2.05) is 0 Å². The van der Waals surface area contributed by atoms with Gasteiger partial charge in [0.2, 0.25) is 10.0 Å². The van der Waals surface area contributed by atoms with Crippen LogP contribution in [0.4, 0.5) is 0 Å². The summed E-state index contributed by atoms with van der Waals surface area (Å²) < 4.78 is 24.1. The van der Waals surface area contributed by atoms with Gasteiger partial charge in [-0.1, -0.05) is 6.92 Å². The highest BCUT2D eigenvalue weighted by atomic mass is 32.2. The molecule has 0 aromatic heterocycles. The summed E-state index contributed by atoms with van der Waals surface area (Å²) in [4.78, 5) is 0. The first-order chi connectivity index (χ1) is 5.62. The van der Waals surface area contributed by atoms with Gasteiger partial charge in [0.25, 0.3) is 0 Å². The van der Waals surface area contributed by atoms with Crippen molar-refractivity contribution in [3.8, 4) is 0 Å². The van der Waals surface area contributed by atoms with Gasteiger partial charge in [0.05, 0.1) is 5.75 Å². The maximum absolute atomic E-state index is 10.9. The molecule has 2 N–H and O–H groups in total. The van der Waals surface area contributed by atoms with Gasteiger partial charge >= 0.3 is 0 Å². The number of sulfonamides is 1. The third-order valence-electron chi connectivity index (χ3n) is 1.50. The van der Waals surface area contributed by atoms with Crippen LogP contribution in [-0.4, -0.2) is 34.3 Å². The van der Waals surface area contributed by atoms with Gasteiger partial charge < -0.3 is 5.32 Å². The summed E-state index contributed by atoms with van der Waals surface area (Å²) in [5, 5.41) is 3.14. The molecule has 0 aromatic carbocycles. The molecular formula is C7H18N2O2S. The lowest BCUT2D eigenvalue weighted by Crippen LogP contribution is -2.25. The lowest BCUT2D eigenvalue weighted by atomic mass is 10.4. The van der Waals surface area contributed by atoms with E-state index in [1.54, 1.807) is 0 Å². The molecule has 12 heavy (non-hydrogen) atoms. The Morgan fingerprint density at radius 2 is 1.92 bits per heavy atom. The van der Waals surface area contributed by atoms with Crippen LogP contribution < -0.4 is 10.0 Å². The van der Waals surface area contributed by atoms with Gasteiger partial charge in [-0.25, -0.2) is 13.1 Å². The Bertz CT molecular complexity index is 190. The van der Waals surface area contributed by atoms with Crippen LogP contribution in [0.3, 0.4) is 0 Å². The van der Waals surface area contributed by atoms with Crippen LogP contribution in [-0.2, 0) is 10.0 Å². The fourth-order valence-electron chi connectivity index (χ4n) is 0.791. The smallest absolute Gasteiger partial charge is 0.211 e. The van der Waals surface area contributed by atoms with Crippen LogP contribution >= 0.6 is 0 Å². The maximum atomic E-state index is 10.9. The zero-order valence-corrected chi connectivity index (χ0v) is 8.58. The third kappa shape index (κ3) is 6.57. The lowest BCUT2D eigenvalue weighted by molar-refractivity contribution is 0.581. The first-order valence-corrected chi connectivity index (χ1v) is 5.89. The van der Waals surface area contributed by atoms with E-state index < -0.39 is 10.0 Å². The van der Waals surface area contributed by atoms with E-state index >= 15 is 0 Å². The number of hydrogen-bond donors (Lipinski definition) is 2. The Hall–Kier alpha value is -0.130. The zero-order chi connectivity index (χ0) is 9.45. The van der Waals surface area contributed by atoms with Crippen molar-refractivity contribution in [1.82, 2.24) is 10.0 Å². The fourth-order valence-corrected chi connectivity index (χ4v) is 1.52. The molecule has 0 fully saturated rings. The first kappa shape index (κ1) is 11.9. The van der Waals surface area contributed by atoms with Gasteiger partial charge in [-0.3, -0.25) is 0 Å². The van der Waals surface area contributed by atoms with Crippen molar-refractivity contribution < 1.29 is 8.42 Å². The summed E-state index contributed by atoms with van der Waals surface area (Å²) in [6, 6.07) is 0. The minimum absolute atomic E-state index is 0.209. The fraction of sp³-hybridized carbons (Fsp3) is 1.00. The van der Waals surface area contributed by atoms with Crippen LogP contribution in [0.25, 0.3) is 0 Å². The van der Waals surface area contributed by atoms with Gasteiger partial charge in [0, 0.05) is 0 Å². The summed E-state index contributed by atoms with van der Waals surface area (Å²) in [6.07, 6.45) is 1.75. The molecule has 0 heterocycles. The van der Waals surface area contributed by atoms with Crippen molar-refractivity contribution in [1.29, 1.82) is 0 Å². The van der Waals surface area contributed by atoms with Gasteiger partial charge in [-0.05, 0) is 33.0 Å². The van der Waals surface area contributed by atoms with Crippen LogP contribution in [0, 0.1) is 0 Å². The highest BCUT2D eigenvalue weighted by molar-refractivity contribution is 7.89. The zero-order valence-electron chi connectivity index (χ0n) is 7.76. The molecule has 5 heteroatoms. The van der Waals surface area contributed by atoms with Crippen molar-refractivity contribution >= 4 is 10.0 Å². The van der Waals surface area contributed by atoms with Crippen molar-refractivity contribution in [2.45, 2.75) is 19.8 Å². The second kappa shape index (κ2) is 6.39. The largest absolute Gasteiger partial charge is 0.317 e. The molecule has 0 aromatic rings. The molecule has 74 valence electrons. The summed E-state index contributed by atoms with van der Waals surface area (Å²) in [6.45, 7) is 3.81. The normalized spacial score (nSPS) is 11.8. The molecule has 0 saturated carbocycles. The molecule has 0 rings (SSSR count). The number of hydrogen-bond acceptors (Lipinski definition) is 3. The lowest BCUT2D eigenvalue weighted by Gasteiger charge is -2.03. The minimum atomic E-state index is -3.00. The van der Waals surface area contributed by atoms with Gasteiger partial charge in [-0.15, -0.1) is 0 Å². The average molecular weight is 194 g/mol. The van der Waals surface area contributed by atoms with E-state index in [9.17, 15) is 8.42 Å². The van der Waals surface area contributed by atoms with E-state index in [2.05, 4.69) is 17.0 Å². The SMILES string of the molecule is CCCNCCCS(=O)(=O)NC. The van der Waals surface area contributed by atoms with Crippen LogP contribution in [0.15, 0.2) is 0 Å². The first-order valence-electron chi connectivity index (χ1n) is 4.24. The molecule has 0 atom stereocenters. The topological polar surface area (TPSA) is 58.2 Å². The second-order valence-corrected chi connectivity index (χ2v) is 4.67. The molecule has 0 radical (unpaired) electrons. The van der Waals surface area contributed by atoms with Gasteiger partial charge in [-0.2, -0.15) is 0 Å². The Morgan fingerprint density at radius 1 is 1.25 bits per heavy atom. The molecule has 4 nitrogen and oxygen atoms in total. The third-order valence-corrected chi connectivity index (χ3v) is 2.95. The summed E-state index contributed by atoms with van der Waals surface area (Å²) >= 11 is 0. The van der Waals surface area contributed by atoms with Gasteiger partial charge in [0.15, 0.2) is 0 Å². The maximum Gasteiger partial charge on any atom is 0.211 e. The number of nitrogens with one attached hydrogen (secondary N) is 2. The van der Waals surface area contributed by atoms with Crippen molar-refractivity contribution in [2.75, 3.05) is 25.9 Å². The molecule has 0 aliphatic heterocycles. The summed E-state index contributed by atoms with van der Waals surface area (Å²) in [5.74, 6) is 0.209. The van der Waals surface area contributed by atoms with E-state index in [0.29, 0.717) is 6.42 Å². The van der Waals surface area contributed by atoms with Gasteiger partial charge in [0.1, 0.15) is 0 Å². The van der Waals surface area contributed by atoms with E-state index in [1.165, 1.54) is 7.05 Å². The Morgan fingerprint density at radius 3 is 2.42 bits per heavy atom. The molecule has 0 bridgehead atoms. The summed E-state index contributed by atoms with van der Waals surface area (Å²) in [7, 11) is -1.56. The average Bonchev–Trinajstić information content (AvgIpc) is 2.04. The van der Waals surface area contributed by atoms with Crippen LogP contribution in [0.1, 0.15) is 19.8 Å². The second-order valence-electron chi connectivity index (χ2n) is 2.63. The minimum Gasteiger partial charge on any atom is -0.317 e. The Balaban J connectivity index is 3.32. The van der Waals surface area contributed by atoms with E-state index in [4.69, 9.17) is 0 Å². The molecule has 0 aliphatic rings. The standard InChI is InChI=1S/C7H18N2O2S/c1-3-5-9-6-4-7-12(10,11)8-2/h8-9H,3-7H2,1-2H3. The molecule has 0 spiro atoms. The van der Waals surface area contributed by atoms with E-state index in [-0.39, 0.29) is 5.75 Å². The summed E-state index contributed by atoms with van der Waals surface area (Å²) in [5.41, 5.74) is 0. The van der Waals surface area contributed by atoms with Crippen molar-refractivity contribution in [2.24, 2.45) is 0 Å². The predicted molar refractivity (Wildman–Crippen MR) is 50.6 cm³/mol. The molecule has 0 aliphatic carbocycles. The molecule has 0 saturated heterocycles. The number of rotatable bonds is 7. The Kier molecular flexibility index (Phi) is 6.32. The quantitative estimate of drug-likeness (QED) is 0.558. The molecule has 0 unspecified atom stereocenters. The van der Waals surface area contributed by atoms with Crippen molar-refractivity contribution in [3.05, 3.63) is 0 Å². The molecule has 0 amide bonds. The highest BCUT2D eigenvalue weighted by Gasteiger charge is 2.04. The van der Waals surface area contributed by atoms with Crippen molar-refractivity contribution in [3.63, 3.8) is 0 Å². The van der Waals surface area contributed by atoms with Crippen LogP contribution in [0.2, 0.25) is 0 Å². The molecular weight excluding hydrogens is 176 g/mol. The Labute approximate surface area is 74.8 Å². The van der Waals surface area contributed by atoms with E-state index in [0.717, 1.165) is 19.5 Å². The van der Waals surface area contributed by atoms with Crippen LogP contribution in [0.5, 0.6) is 0 Å². The predicted octanol–water partition coefficient (Wildman–Crippen LogP) is -0.0747.